The first-order valence-electron chi connectivity index (χ1n) is 7.81. The fourth-order valence-corrected chi connectivity index (χ4v) is 3.87. The molecule has 0 saturated carbocycles. The molecule has 0 radical (unpaired) electrons. The fourth-order valence-electron chi connectivity index (χ4n) is 3.87. The molecule has 2 bridgehead atoms. The van der Waals surface area contributed by atoms with Crippen molar-refractivity contribution < 1.29 is 9.53 Å². The van der Waals surface area contributed by atoms with Crippen LogP contribution in [0.15, 0.2) is 18.2 Å². The normalized spacial score (nSPS) is 28.6. The monoisotopic (exact) mass is 271 g/mol. The molecular formula is C17H21NO2. The minimum absolute atomic E-state index is 0.265. The second-order valence-electron chi connectivity index (χ2n) is 6.41. The lowest BCUT2D eigenvalue weighted by atomic mass is 10.0. The van der Waals surface area contributed by atoms with Crippen LogP contribution in [-0.4, -0.2) is 42.5 Å². The van der Waals surface area contributed by atoms with Gasteiger partial charge in [-0.05, 0) is 49.3 Å². The summed E-state index contributed by atoms with van der Waals surface area (Å²) in [6.45, 7) is 2.40. The molecule has 2 fully saturated rings. The summed E-state index contributed by atoms with van der Waals surface area (Å²) in [6, 6.07) is 6.29. The zero-order valence-electron chi connectivity index (χ0n) is 11.8. The summed E-state index contributed by atoms with van der Waals surface area (Å²) < 4.78 is 5.82. The molecule has 2 unspecified atom stereocenters. The molecule has 2 saturated heterocycles. The van der Waals surface area contributed by atoms with Gasteiger partial charge in [-0.1, -0.05) is 12.1 Å². The SMILES string of the molecule is O=C(CN1CC2CCC(C1)O2)c1ccc2c(c1)CCC2. The van der Waals surface area contributed by atoms with Crippen molar-refractivity contribution in [3.63, 3.8) is 0 Å². The number of Topliss-reactive ketones (excluding diaryl/α,β-unsaturated/α-hetero) is 1. The van der Waals surface area contributed by atoms with Crippen molar-refractivity contribution in [1.82, 2.24) is 4.90 Å². The van der Waals surface area contributed by atoms with Gasteiger partial charge < -0.3 is 4.74 Å². The van der Waals surface area contributed by atoms with Crippen molar-refractivity contribution in [2.75, 3.05) is 19.6 Å². The van der Waals surface area contributed by atoms with Crippen molar-refractivity contribution in [3.8, 4) is 0 Å². The molecule has 1 aromatic rings. The van der Waals surface area contributed by atoms with Crippen LogP contribution in [0, 0.1) is 0 Å². The Kier molecular flexibility index (Phi) is 3.12. The molecule has 0 spiro atoms. The first-order chi connectivity index (χ1) is 9.78. The molecule has 0 amide bonds. The van der Waals surface area contributed by atoms with E-state index in [4.69, 9.17) is 4.74 Å². The minimum atomic E-state index is 0.265. The van der Waals surface area contributed by atoms with E-state index in [9.17, 15) is 4.79 Å². The predicted octanol–water partition coefficient (Wildman–Crippen LogP) is 2.22. The van der Waals surface area contributed by atoms with Gasteiger partial charge in [0.1, 0.15) is 0 Å². The molecule has 1 aliphatic carbocycles. The molecule has 3 aliphatic rings. The zero-order chi connectivity index (χ0) is 13.5. The van der Waals surface area contributed by atoms with Gasteiger partial charge in [-0.25, -0.2) is 0 Å². The molecule has 4 rings (SSSR count). The summed E-state index contributed by atoms with van der Waals surface area (Å²) in [5.41, 5.74) is 3.72. The maximum Gasteiger partial charge on any atom is 0.176 e. The Morgan fingerprint density at radius 2 is 1.90 bits per heavy atom. The van der Waals surface area contributed by atoms with E-state index in [1.54, 1.807) is 0 Å². The lowest BCUT2D eigenvalue weighted by Gasteiger charge is -2.31. The van der Waals surface area contributed by atoms with Crippen LogP contribution < -0.4 is 0 Å². The molecular weight excluding hydrogens is 250 g/mol. The second-order valence-corrected chi connectivity index (χ2v) is 6.41. The number of carbonyl (C=O) groups is 1. The summed E-state index contributed by atoms with van der Waals surface area (Å²) >= 11 is 0. The Labute approximate surface area is 119 Å². The van der Waals surface area contributed by atoms with E-state index in [0.29, 0.717) is 18.8 Å². The van der Waals surface area contributed by atoms with Crippen LogP contribution >= 0.6 is 0 Å². The molecule has 3 nitrogen and oxygen atoms in total. The van der Waals surface area contributed by atoms with E-state index in [1.165, 1.54) is 24.0 Å². The number of ketones is 1. The highest BCUT2D eigenvalue weighted by molar-refractivity contribution is 5.97. The van der Waals surface area contributed by atoms with Crippen molar-refractivity contribution in [2.45, 2.75) is 44.3 Å². The molecule has 2 aliphatic heterocycles. The van der Waals surface area contributed by atoms with E-state index in [1.807, 2.05) is 6.07 Å². The van der Waals surface area contributed by atoms with Crippen molar-refractivity contribution in [3.05, 3.63) is 34.9 Å². The Morgan fingerprint density at radius 1 is 1.15 bits per heavy atom. The first kappa shape index (κ1) is 12.5. The number of hydrogen-bond donors (Lipinski definition) is 0. The molecule has 20 heavy (non-hydrogen) atoms. The average Bonchev–Trinajstić information content (AvgIpc) is 3.04. The summed E-state index contributed by atoms with van der Waals surface area (Å²) in [6.07, 6.45) is 6.60. The van der Waals surface area contributed by atoms with Crippen LogP contribution in [0.25, 0.3) is 0 Å². The molecule has 0 N–H and O–H groups in total. The zero-order valence-corrected chi connectivity index (χ0v) is 11.8. The number of ether oxygens (including phenoxy) is 1. The lowest BCUT2D eigenvalue weighted by molar-refractivity contribution is -0.0355. The van der Waals surface area contributed by atoms with E-state index >= 15 is 0 Å². The Morgan fingerprint density at radius 3 is 2.70 bits per heavy atom. The summed E-state index contributed by atoms with van der Waals surface area (Å²) in [5, 5.41) is 0. The van der Waals surface area contributed by atoms with E-state index in [0.717, 1.165) is 37.9 Å². The molecule has 2 heterocycles. The number of morpholine rings is 1. The van der Waals surface area contributed by atoms with Crippen molar-refractivity contribution in [1.29, 1.82) is 0 Å². The second kappa shape index (κ2) is 4.97. The number of carbonyl (C=O) groups excluding carboxylic acids is 1. The fraction of sp³-hybridized carbons (Fsp3) is 0.588. The number of benzene rings is 1. The maximum absolute atomic E-state index is 12.5. The van der Waals surface area contributed by atoms with E-state index in [2.05, 4.69) is 17.0 Å². The molecule has 1 aromatic carbocycles. The van der Waals surface area contributed by atoms with Gasteiger partial charge in [0.05, 0.1) is 18.8 Å². The highest BCUT2D eigenvalue weighted by atomic mass is 16.5. The van der Waals surface area contributed by atoms with Crippen LogP contribution in [0.2, 0.25) is 0 Å². The number of aryl methyl sites for hydroxylation is 2. The third-order valence-electron chi connectivity index (χ3n) is 4.91. The number of nitrogens with zero attached hydrogens (tertiary/aromatic N) is 1. The van der Waals surface area contributed by atoms with Gasteiger partial charge in [0.15, 0.2) is 5.78 Å². The van der Waals surface area contributed by atoms with Gasteiger partial charge in [-0.15, -0.1) is 0 Å². The molecule has 0 aromatic heterocycles. The predicted molar refractivity (Wildman–Crippen MR) is 77.1 cm³/mol. The smallest absolute Gasteiger partial charge is 0.176 e. The number of hydrogen-bond acceptors (Lipinski definition) is 3. The van der Waals surface area contributed by atoms with Gasteiger partial charge in [0, 0.05) is 18.7 Å². The first-order valence-corrected chi connectivity index (χ1v) is 7.81. The Hall–Kier alpha value is -1.19. The number of fused-ring (bicyclic) bond motifs is 3. The van der Waals surface area contributed by atoms with Crippen molar-refractivity contribution in [2.24, 2.45) is 0 Å². The van der Waals surface area contributed by atoms with Crippen LogP contribution in [0.5, 0.6) is 0 Å². The van der Waals surface area contributed by atoms with Crippen LogP contribution in [-0.2, 0) is 17.6 Å². The third-order valence-corrected chi connectivity index (χ3v) is 4.91. The van der Waals surface area contributed by atoms with Crippen LogP contribution in [0.4, 0.5) is 0 Å². The van der Waals surface area contributed by atoms with Gasteiger partial charge in [-0.3, -0.25) is 9.69 Å². The summed E-state index contributed by atoms with van der Waals surface area (Å²) in [5.74, 6) is 0.265. The topological polar surface area (TPSA) is 29.5 Å². The maximum atomic E-state index is 12.5. The van der Waals surface area contributed by atoms with E-state index in [-0.39, 0.29) is 5.78 Å². The van der Waals surface area contributed by atoms with Gasteiger partial charge >= 0.3 is 0 Å². The Balaban J connectivity index is 1.45. The van der Waals surface area contributed by atoms with Gasteiger partial charge in [0.25, 0.3) is 0 Å². The van der Waals surface area contributed by atoms with Crippen molar-refractivity contribution >= 4 is 5.78 Å². The number of likely N-dealkylation sites (tertiary alicyclic amines) is 1. The van der Waals surface area contributed by atoms with E-state index < -0.39 is 0 Å². The summed E-state index contributed by atoms with van der Waals surface area (Å²) in [7, 11) is 0. The average molecular weight is 271 g/mol. The molecule has 106 valence electrons. The highest BCUT2D eigenvalue weighted by Crippen LogP contribution is 2.27. The molecule has 3 heteroatoms. The number of rotatable bonds is 3. The third kappa shape index (κ3) is 2.29. The quantitative estimate of drug-likeness (QED) is 0.790. The Bertz CT molecular complexity index is 528. The highest BCUT2D eigenvalue weighted by Gasteiger charge is 2.34. The largest absolute Gasteiger partial charge is 0.372 e. The lowest BCUT2D eigenvalue weighted by Crippen LogP contribution is -2.44. The van der Waals surface area contributed by atoms with Crippen LogP contribution in [0.3, 0.4) is 0 Å². The van der Waals surface area contributed by atoms with Gasteiger partial charge in [-0.2, -0.15) is 0 Å². The van der Waals surface area contributed by atoms with Gasteiger partial charge in [0.2, 0.25) is 0 Å². The standard InChI is InChI=1S/C17H21NO2/c19-17(11-18-9-15-6-7-16(10-18)20-15)14-5-4-12-2-1-3-13(12)8-14/h4-5,8,15-16H,1-3,6-7,9-11H2. The molecule has 2 atom stereocenters. The minimum Gasteiger partial charge on any atom is -0.372 e. The van der Waals surface area contributed by atoms with Crippen LogP contribution in [0.1, 0.15) is 40.7 Å². The summed E-state index contributed by atoms with van der Waals surface area (Å²) in [4.78, 5) is 14.7.